The maximum absolute atomic E-state index is 15.1. The number of Topliss-reactive ketones (excluding diaryl/α,β-unsaturated/α-hetero) is 1. The van der Waals surface area contributed by atoms with Gasteiger partial charge < -0.3 is 63.0 Å². The third kappa shape index (κ3) is 19.1. The van der Waals surface area contributed by atoms with Crippen LogP contribution in [0, 0.1) is 13.8 Å². The summed E-state index contributed by atoms with van der Waals surface area (Å²) >= 11 is 0. The van der Waals surface area contributed by atoms with Gasteiger partial charge in [0, 0.05) is 95.7 Å². The molecule has 5 unspecified atom stereocenters. The van der Waals surface area contributed by atoms with Gasteiger partial charge in [0.1, 0.15) is 24.2 Å². The summed E-state index contributed by atoms with van der Waals surface area (Å²) in [6.45, 7) is 10.0. The Kier molecular flexibility index (Phi) is 27.1. The minimum Gasteiger partial charge on any atom is -0.748 e. The van der Waals surface area contributed by atoms with E-state index in [1.807, 2.05) is 26.8 Å². The number of benzene rings is 1. The normalized spacial score (nSPS) is 20.9. The van der Waals surface area contributed by atoms with Crippen molar-refractivity contribution in [3.05, 3.63) is 105 Å². The number of guanidine groups is 1. The van der Waals surface area contributed by atoms with Gasteiger partial charge >= 0.3 is 55.9 Å². The number of imide groups is 1. The van der Waals surface area contributed by atoms with Crippen molar-refractivity contribution in [3.63, 3.8) is 0 Å². The van der Waals surface area contributed by atoms with Crippen LogP contribution in [-0.4, -0.2) is 154 Å². The molecule has 95 heavy (non-hydrogen) atoms. The zero-order chi connectivity index (χ0) is 67.6. The summed E-state index contributed by atoms with van der Waals surface area (Å²) in [7, 11) is -4.64. The molecule has 1 saturated heterocycles. The van der Waals surface area contributed by atoms with Crippen LogP contribution < -0.4 is 88.3 Å². The van der Waals surface area contributed by atoms with E-state index in [0.717, 1.165) is 5.01 Å². The van der Waals surface area contributed by atoms with Gasteiger partial charge in [-0.3, -0.25) is 62.9 Å². The number of unbranched alkanes of at least 4 members (excludes halogenated alkanes) is 1. The van der Waals surface area contributed by atoms with Crippen LogP contribution in [0.4, 0.5) is 0 Å². The zero-order valence-corrected chi connectivity index (χ0v) is 58.2. The maximum atomic E-state index is 15.1. The van der Waals surface area contributed by atoms with Crippen molar-refractivity contribution in [1.29, 1.82) is 0 Å². The van der Waals surface area contributed by atoms with Crippen molar-refractivity contribution in [1.82, 2.24) is 62.3 Å². The van der Waals surface area contributed by atoms with Crippen molar-refractivity contribution in [3.8, 4) is 0 Å². The molecule has 8 rings (SSSR count). The number of rotatable bonds is 23. The van der Waals surface area contributed by atoms with Crippen LogP contribution in [0.3, 0.4) is 0 Å². The molecule has 7 heterocycles. The van der Waals surface area contributed by atoms with Gasteiger partial charge in [-0.2, -0.15) is 0 Å². The fourth-order valence-electron chi connectivity index (χ4n) is 12.2. The number of amides is 8. The van der Waals surface area contributed by atoms with E-state index < -0.39 is 118 Å². The number of aliphatic imine (C=N–C) groups is 1. The molecule has 1 fully saturated rings. The predicted molar refractivity (Wildman–Crippen MR) is 338 cm³/mol. The Morgan fingerprint density at radius 3 is 2.00 bits per heavy atom. The van der Waals surface area contributed by atoms with Crippen LogP contribution in [-0.2, 0) is 70.5 Å². The summed E-state index contributed by atoms with van der Waals surface area (Å²) in [6, 6.07) is 8.12. The van der Waals surface area contributed by atoms with Gasteiger partial charge in [-0.1, -0.05) is 80.4 Å². The Balaban J connectivity index is 0.00000714. The van der Waals surface area contributed by atoms with E-state index in [4.69, 9.17) is 31.4 Å². The molecule has 0 aliphatic carbocycles. The fourth-order valence-corrected chi connectivity index (χ4v) is 12.7. The van der Waals surface area contributed by atoms with E-state index in [9.17, 15) is 61.2 Å². The molecule has 8 amide bonds. The molecule has 8 bridgehead atoms. The summed E-state index contributed by atoms with van der Waals surface area (Å²) in [6.07, 6.45) is -0.0933. The molecule has 1 aromatic carbocycles. The van der Waals surface area contributed by atoms with Gasteiger partial charge in [-0.05, 0) is 77.7 Å². The number of nitrogens with two attached hydrogens (primary N) is 2. The molecule has 506 valence electrons. The number of hydrogen-bond donors (Lipinski definition) is 10. The number of hydrogen-bond acceptors (Lipinski definition) is 17. The van der Waals surface area contributed by atoms with Crippen molar-refractivity contribution < 1.29 is 116 Å². The third-order valence-corrected chi connectivity index (χ3v) is 18.0. The van der Waals surface area contributed by atoms with E-state index in [-0.39, 0.29) is 173 Å². The topological polar surface area (TPSA) is 454 Å². The maximum Gasteiger partial charge on any atom is 2.00 e. The van der Waals surface area contributed by atoms with Crippen LogP contribution in [0.5, 0.6) is 0 Å². The molecule has 29 nitrogen and oxygen atoms in total. The minimum atomic E-state index is -4.64. The van der Waals surface area contributed by atoms with Gasteiger partial charge in [0.05, 0.1) is 28.8 Å². The number of fused-ring (bicyclic) bond motifs is 8. The number of hydrazine groups is 1. The van der Waals surface area contributed by atoms with Gasteiger partial charge in [-0.15, -0.1) is 22.1 Å². The Bertz CT molecular complexity index is 3940. The number of aromatic nitrogens is 4. The molecule has 8 atom stereocenters. The largest absolute Gasteiger partial charge is 2.00 e. The predicted octanol–water partition coefficient (Wildman–Crippen LogP) is -1.48. The average Bonchev–Trinajstić information content (AvgIpc) is 1.60. The van der Waals surface area contributed by atoms with Gasteiger partial charge in [0.25, 0.3) is 11.8 Å². The first-order valence-corrected chi connectivity index (χ1v) is 32.5. The average molecular weight is 1430 g/mol. The number of aliphatic carboxylic acids is 1. The third-order valence-electron chi connectivity index (χ3n) is 17.2. The van der Waals surface area contributed by atoms with E-state index in [1.54, 1.807) is 56.3 Å². The summed E-state index contributed by atoms with van der Waals surface area (Å²) < 4.78 is 34.7. The second kappa shape index (κ2) is 33.8. The molecular weight excluding hydrogens is 1350 g/mol. The van der Waals surface area contributed by atoms with E-state index in [1.165, 1.54) is 6.92 Å². The van der Waals surface area contributed by atoms with Crippen LogP contribution in [0.1, 0.15) is 186 Å². The minimum absolute atomic E-state index is 0. The number of nitrogens with one attached hydrogen (secondary N) is 7. The SMILES string of the molecule is CC[C@H]1c2cc3[n-]c4c(c5nc(cc6[n-]c(cc(n2)C1C)c(C(C)=O)c6C)C(C)[C@@H]5CCC(=O)NCCCC[C@@H]1NC(=O)C(Cc2ccccc2)NC(=O)C(CC(=O)O)NC(=O)CNC(=O)C(CCCN=C(N)N)NC1=O)C(=O)N(NCCCS(=O)(=O)[O-])C(=O)c4c3C.[Na+].[Pd+2]. The van der Waals surface area contributed by atoms with E-state index >= 15 is 4.79 Å². The first-order valence-electron chi connectivity index (χ1n) is 30.9. The molecule has 3 aromatic heterocycles. The molecule has 12 N–H and O–H groups in total. The van der Waals surface area contributed by atoms with Gasteiger partial charge in [-0.25, -0.2) is 18.9 Å². The van der Waals surface area contributed by atoms with Crippen molar-refractivity contribution in [2.24, 2.45) is 16.5 Å². The van der Waals surface area contributed by atoms with Gasteiger partial charge in [0.2, 0.25) is 35.4 Å². The summed E-state index contributed by atoms with van der Waals surface area (Å²) in [5, 5.41) is 26.0. The molecule has 0 saturated carbocycles. The standard InChI is InChI=1S/C63H81N15O14S.Na.Pd/c1-7-37-31(2)41-28-46-52(35(6)79)33(4)43(71-46)26-42-32(3)38(55(73-42)54-56-53(34(5)44(74-56)27-45(37)70-41)61(88)78(62(54)89)69-23-14-24-93(90,91)92)19-20-49(80)66-21-12-11-17-40-58(85)75-39(18-13-22-67-63(64)65)57(84)68-30-50(81)72-48(29-51(82)83)60(87)77-47(59(86)76-40)25-36-15-9-8-10-16-36;;/h8-10,15-16,26-28,31-32,37-40,47-48,69H,7,11-14,17-25,29-30H2,1-6H3,(H14,64,65,66,67,68,70,71,72,73,74,75,76,77,79,80,81,82,83,84,85,86,87,88,89,90,91,92);;/q;+1;+2/p-3/t31?,32?,37-,38+,39?,40+,47?,48?;;/m1../s1. The van der Waals surface area contributed by atoms with Crippen molar-refractivity contribution in [2.45, 2.75) is 160 Å². The van der Waals surface area contributed by atoms with Crippen molar-refractivity contribution in [2.75, 3.05) is 31.9 Å². The number of carbonyl (C=O) groups is 10. The first-order chi connectivity index (χ1) is 44.1. The molecule has 4 aliphatic heterocycles. The number of aryl methyl sites for hydroxylation is 2. The van der Waals surface area contributed by atoms with Crippen molar-refractivity contribution >= 4 is 97.2 Å². The quantitative estimate of drug-likeness (QED) is 0.00770. The summed E-state index contributed by atoms with van der Waals surface area (Å²) in [5.41, 5.74) is 19.0. The van der Waals surface area contributed by atoms with Crippen LogP contribution >= 0.6 is 0 Å². The first kappa shape index (κ1) is 76.3. The number of carboxylic acid groups (broad SMARTS) is 1. The van der Waals surface area contributed by atoms with Crippen LogP contribution in [0.2, 0.25) is 0 Å². The van der Waals surface area contributed by atoms with E-state index in [2.05, 4.69) is 42.3 Å². The second-order valence-corrected chi connectivity index (χ2v) is 25.3. The zero-order valence-electron chi connectivity index (χ0n) is 53.9. The summed E-state index contributed by atoms with van der Waals surface area (Å²) in [4.78, 5) is 162. The second-order valence-electron chi connectivity index (χ2n) is 23.8. The van der Waals surface area contributed by atoms with Crippen LogP contribution in [0.25, 0.3) is 22.1 Å². The van der Waals surface area contributed by atoms with E-state index in [0.29, 0.717) is 62.3 Å². The Hall–Kier alpha value is -7.76. The Morgan fingerprint density at radius 2 is 1.34 bits per heavy atom. The molecule has 4 aliphatic rings. The smallest absolute Gasteiger partial charge is 0.748 e. The summed E-state index contributed by atoms with van der Waals surface area (Å²) in [5.74, 6) is -10.5. The molecule has 0 radical (unpaired) electrons. The molecule has 32 heteroatoms. The number of carboxylic acids is 1. The monoisotopic (exact) mass is 1430 g/mol. The fraction of sp³-hybridized carbons (Fsp3) is 0.476. The molecule has 0 spiro atoms. The van der Waals surface area contributed by atoms with Gasteiger partial charge in [0.15, 0.2) is 11.7 Å². The van der Waals surface area contributed by atoms with Crippen LogP contribution in [0.15, 0.2) is 53.5 Å². The Labute approximate surface area is 584 Å². The molecule has 4 aromatic rings. The Morgan fingerprint density at radius 1 is 0.737 bits per heavy atom. The molecular formula is C63H78N15NaO14PdS. The number of ketones is 1. The number of carbonyl (C=O) groups excluding carboxylic acids is 9. The number of nitrogens with zero attached hydrogens (tertiary/aromatic N) is 6.